The number of rotatable bonds is 11. The van der Waals surface area contributed by atoms with E-state index in [1.807, 2.05) is 11.9 Å². The summed E-state index contributed by atoms with van der Waals surface area (Å²) in [5.74, 6) is 0. The van der Waals surface area contributed by atoms with E-state index in [4.69, 9.17) is 0 Å². The van der Waals surface area contributed by atoms with Crippen molar-refractivity contribution in [2.24, 2.45) is 0 Å². The Morgan fingerprint density at radius 3 is 1.78 bits per heavy atom. The van der Waals surface area contributed by atoms with Crippen LogP contribution in [-0.2, 0) is 6.18 Å². The van der Waals surface area contributed by atoms with Gasteiger partial charge in [0.15, 0.2) is 0 Å². The van der Waals surface area contributed by atoms with Crippen molar-refractivity contribution in [3.05, 3.63) is 29.8 Å². The number of hydrogen-bond acceptors (Lipinski definition) is 1. The van der Waals surface area contributed by atoms with Crippen molar-refractivity contribution < 1.29 is 13.2 Å². The Labute approximate surface area is 146 Å². The number of anilines is 1. The molecule has 0 aliphatic heterocycles. The molecular formula is C18H27BrF3N. The Morgan fingerprint density at radius 1 is 0.826 bits per heavy atom. The van der Waals surface area contributed by atoms with Crippen LogP contribution in [0.2, 0.25) is 0 Å². The molecule has 0 aliphatic carbocycles. The van der Waals surface area contributed by atoms with Gasteiger partial charge in [-0.25, -0.2) is 0 Å². The minimum atomic E-state index is -4.26. The highest BCUT2D eigenvalue weighted by Gasteiger charge is 2.30. The van der Waals surface area contributed by atoms with Crippen LogP contribution in [0.3, 0.4) is 0 Å². The summed E-state index contributed by atoms with van der Waals surface area (Å²) >= 11 is 3.44. The van der Waals surface area contributed by atoms with E-state index in [1.165, 1.54) is 44.9 Å². The molecule has 1 nitrogen and oxygen atoms in total. The summed E-state index contributed by atoms with van der Waals surface area (Å²) in [5, 5.41) is 1.10. The SMILES string of the molecule is CN(CCCCCCCCCCBr)c1ccc(C(F)(F)F)cc1. The third kappa shape index (κ3) is 8.63. The molecule has 0 aromatic heterocycles. The third-order valence-electron chi connectivity index (χ3n) is 4.01. The quantitative estimate of drug-likeness (QED) is 0.300. The lowest BCUT2D eigenvalue weighted by atomic mass is 10.1. The van der Waals surface area contributed by atoms with Crippen LogP contribution in [-0.4, -0.2) is 18.9 Å². The molecule has 1 aromatic rings. The molecule has 0 heterocycles. The Kier molecular flexibility index (Phi) is 9.68. The van der Waals surface area contributed by atoms with Gasteiger partial charge in [-0.1, -0.05) is 54.5 Å². The fraction of sp³-hybridized carbons (Fsp3) is 0.667. The van der Waals surface area contributed by atoms with Gasteiger partial charge in [-0.2, -0.15) is 13.2 Å². The van der Waals surface area contributed by atoms with Crippen molar-refractivity contribution in [2.75, 3.05) is 23.8 Å². The highest BCUT2D eigenvalue weighted by Crippen LogP contribution is 2.30. The largest absolute Gasteiger partial charge is 0.416 e. The van der Waals surface area contributed by atoms with Gasteiger partial charge in [0.05, 0.1) is 5.56 Å². The summed E-state index contributed by atoms with van der Waals surface area (Å²) in [6.45, 7) is 0.884. The zero-order valence-corrected chi connectivity index (χ0v) is 15.4. The molecule has 0 unspecified atom stereocenters. The zero-order valence-electron chi connectivity index (χ0n) is 13.8. The maximum absolute atomic E-state index is 12.5. The predicted molar refractivity (Wildman–Crippen MR) is 95.4 cm³/mol. The second-order valence-electron chi connectivity index (χ2n) is 5.98. The number of unbranched alkanes of at least 4 members (excludes halogenated alkanes) is 7. The molecule has 5 heteroatoms. The van der Waals surface area contributed by atoms with Crippen LogP contribution in [0.25, 0.3) is 0 Å². The van der Waals surface area contributed by atoms with E-state index >= 15 is 0 Å². The number of halogens is 4. The van der Waals surface area contributed by atoms with Crippen molar-refractivity contribution in [1.29, 1.82) is 0 Å². The molecule has 0 fully saturated rings. The van der Waals surface area contributed by atoms with Crippen molar-refractivity contribution in [3.63, 3.8) is 0 Å². The van der Waals surface area contributed by atoms with Crippen molar-refractivity contribution >= 4 is 21.6 Å². The highest BCUT2D eigenvalue weighted by molar-refractivity contribution is 9.09. The Morgan fingerprint density at radius 2 is 1.30 bits per heavy atom. The van der Waals surface area contributed by atoms with Crippen LogP contribution in [0.4, 0.5) is 18.9 Å². The fourth-order valence-corrected chi connectivity index (χ4v) is 2.93. The molecule has 1 aromatic carbocycles. The molecule has 132 valence electrons. The van der Waals surface area contributed by atoms with Crippen LogP contribution in [0.5, 0.6) is 0 Å². The average molecular weight is 394 g/mol. The normalized spacial score (nSPS) is 11.7. The Balaban J connectivity index is 2.15. The van der Waals surface area contributed by atoms with Crippen molar-refractivity contribution in [1.82, 2.24) is 0 Å². The van der Waals surface area contributed by atoms with Gasteiger partial charge >= 0.3 is 6.18 Å². The van der Waals surface area contributed by atoms with Gasteiger partial charge < -0.3 is 4.90 Å². The molecule has 0 bridgehead atoms. The molecule has 1 rings (SSSR count). The fourth-order valence-electron chi connectivity index (χ4n) is 2.54. The van der Waals surface area contributed by atoms with Crippen molar-refractivity contribution in [3.8, 4) is 0 Å². The summed E-state index contributed by atoms with van der Waals surface area (Å²) in [5.41, 5.74) is 0.252. The molecular weight excluding hydrogens is 367 g/mol. The lowest BCUT2D eigenvalue weighted by molar-refractivity contribution is -0.137. The first-order valence-electron chi connectivity index (χ1n) is 8.39. The van der Waals surface area contributed by atoms with E-state index in [0.717, 1.165) is 36.1 Å². The van der Waals surface area contributed by atoms with Gasteiger partial charge in [-0.3, -0.25) is 0 Å². The number of alkyl halides is 4. The van der Waals surface area contributed by atoms with Crippen LogP contribution in [0.15, 0.2) is 24.3 Å². The summed E-state index contributed by atoms with van der Waals surface area (Å²) in [7, 11) is 1.93. The first kappa shape index (κ1) is 20.3. The van der Waals surface area contributed by atoms with Crippen molar-refractivity contribution in [2.45, 2.75) is 57.5 Å². The minimum Gasteiger partial charge on any atom is -0.375 e. The van der Waals surface area contributed by atoms with Gasteiger partial charge in [-0.05, 0) is 37.1 Å². The maximum atomic E-state index is 12.5. The second-order valence-corrected chi connectivity index (χ2v) is 6.78. The summed E-state index contributed by atoms with van der Waals surface area (Å²) < 4.78 is 37.6. The molecule has 0 aliphatic rings. The Hall–Kier alpha value is -0.710. The molecule has 0 N–H and O–H groups in total. The minimum absolute atomic E-state index is 0.588. The van der Waals surface area contributed by atoms with Gasteiger partial charge in [-0.15, -0.1) is 0 Å². The molecule has 0 saturated carbocycles. The molecule has 0 radical (unpaired) electrons. The van der Waals surface area contributed by atoms with E-state index in [2.05, 4.69) is 15.9 Å². The second kappa shape index (κ2) is 11.0. The highest BCUT2D eigenvalue weighted by atomic mass is 79.9. The smallest absolute Gasteiger partial charge is 0.375 e. The molecule has 0 atom stereocenters. The standard InChI is InChI=1S/C18H27BrF3N/c1-23(15-9-7-5-3-2-4-6-8-14-19)17-12-10-16(11-13-17)18(20,21)22/h10-13H,2-9,14-15H2,1H3. The van der Waals surface area contributed by atoms with Gasteiger partial charge in [0.1, 0.15) is 0 Å². The van der Waals surface area contributed by atoms with Gasteiger partial charge in [0.25, 0.3) is 0 Å². The van der Waals surface area contributed by atoms with Gasteiger partial charge in [0.2, 0.25) is 0 Å². The number of hydrogen-bond donors (Lipinski definition) is 0. The lowest BCUT2D eigenvalue weighted by Gasteiger charge is -2.20. The lowest BCUT2D eigenvalue weighted by Crippen LogP contribution is -2.18. The van der Waals surface area contributed by atoms with E-state index < -0.39 is 11.7 Å². The van der Waals surface area contributed by atoms with E-state index in [9.17, 15) is 13.2 Å². The van der Waals surface area contributed by atoms with Crippen LogP contribution in [0, 0.1) is 0 Å². The maximum Gasteiger partial charge on any atom is 0.416 e. The monoisotopic (exact) mass is 393 g/mol. The van der Waals surface area contributed by atoms with Crippen LogP contribution < -0.4 is 4.90 Å². The first-order chi connectivity index (χ1) is 10.9. The number of nitrogens with zero attached hydrogens (tertiary/aromatic N) is 1. The van der Waals surface area contributed by atoms with Crippen LogP contribution in [0.1, 0.15) is 56.9 Å². The van der Waals surface area contributed by atoms with E-state index in [1.54, 1.807) is 12.1 Å². The summed E-state index contributed by atoms with van der Waals surface area (Å²) in [4.78, 5) is 2.02. The van der Waals surface area contributed by atoms with E-state index in [0.29, 0.717) is 0 Å². The first-order valence-corrected chi connectivity index (χ1v) is 9.51. The molecule has 0 saturated heterocycles. The van der Waals surface area contributed by atoms with E-state index in [-0.39, 0.29) is 0 Å². The zero-order chi connectivity index (χ0) is 17.1. The summed E-state index contributed by atoms with van der Waals surface area (Å²) in [6, 6.07) is 5.40. The third-order valence-corrected chi connectivity index (χ3v) is 4.57. The predicted octanol–water partition coefficient (Wildman–Crippen LogP) is 6.66. The average Bonchev–Trinajstić information content (AvgIpc) is 2.52. The molecule has 0 spiro atoms. The van der Waals surface area contributed by atoms with Gasteiger partial charge in [0, 0.05) is 24.6 Å². The summed E-state index contributed by atoms with van der Waals surface area (Å²) in [6.07, 6.45) is 5.73. The molecule has 0 amide bonds. The Bertz CT molecular complexity index is 417. The van der Waals surface area contributed by atoms with Crippen LogP contribution >= 0.6 is 15.9 Å². The topological polar surface area (TPSA) is 3.24 Å². The number of benzene rings is 1. The molecule has 23 heavy (non-hydrogen) atoms.